The highest BCUT2D eigenvalue weighted by Crippen LogP contribution is 2.29. The van der Waals surface area contributed by atoms with E-state index < -0.39 is 26.0 Å². The number of ether oxygens (including phenoxy) is 1. The molecule has 1 amide bonds. The van der Waals surface area contributed by atoms with Crippen LogP contribution in [-0.2, 0) is 31.2 Å². The van der Waals surface area contributed by atoms with Crippen molar-refractivity contribution < 1.29 is 31.5 Å². The number of amides is 1. The Hall–Kier alpha value is -2.51. The molecule has 2 aromatic carbocycles. The van der Waals surface area contributed by atoms with Crippen LogP contribution in [0.4, 0.5) is 5.69 Å². The van der Waals surface area contributed by atoms with E-state index in [1.165, 1.54) is 42.7 Å². The van der Waals surface area contributed by atoms with Crippen molar-refractivity contribution in [1.29, 1.82) is 0 Å². The standard InChI is InChI=1S/C21H27N3O7S2/c1-4-15-5-6-16(13-20(15)33(29,30)24-9-11-31-12-10-24)21(26)22-18-14-17(7-8-19(18)25)32(27,28)23(2)3/h5-8,13-14,25H,4,9-12H2,1-3H3,(H,22,26). The van der Waals surface area contributed by atoms with Crippen molar-refractivity contribution in [1.82, 2.24) is 8.61 Å². The van der Waals surface area contributed by atoms with E-state index in [1.54, 1.807) is 6.07 Å². The first kappa shape index (κ1) is 25.1. The Morgan fingerprint density at radius 2 is 1.76 bits per heavy atom. The van der Waals surface area contributed by atoms with E-state index in [0.717, 1.165) is 10.4 Å². The van der Waals surface area contributed by atoms with Crippen LogP contribution in [0.15, 0.2) is 46.2 Å². The zero-order valence-electron chi connectivity index (χ0n) is 18.6. The van der Waals surface area contributed by atoms with Crippen molar-refractivity contribution in [2.75, 3.05) is 45.7 Å². The van der Waals surface area contributed by atoms with Gasteiger partial charge in [-0.3, -0.25) is 4.79 Å². The fraction of sp³-hybridized carbons (Fsp3) is 0.381. The number of sulfonamides is 2. The van der Waals surface area contributed by atoms with Gasteiger partial charge in [-0.1, -0.05) is 13.0 Å². The molecule has 2 N–H and O–H groups in total. The van der Waals surface area contributed by atoms with Gasteiger partial charge in [0.15, 0.2) is 0 Å². The van der Waals surface area contributed by atoms with Crippen LogP contribution in [0.25, 0.3) is 0 Å². The number of carbonyl (C=O) groups is 1. The molecule has 3 rings (SSSR count). The third-order valence-corrected chi connectivity index (χ3v) is 9.08. The number of nitrogens with one attached hydrogen (secondary N) is 1. The smallest absolute Gasteiger partial charge is 0.255 e. The molecule has 0 aromatic heterocycles. The molecule has 2 aromatic rings. The lowest BCUT2D eigenvalue weighted by Gasteiger charge is -2.27. The number of morpholine rings is 1. The Morgan fingerprint density at radius 1 is 1.09 bits per heavy atom. The summed E-state index contributed by atoms with van der Waals surface area (Å²) < 4.78 is 58.7. The van der Waals surface area contributed by atoms with E-state index in [9.17, 15) is 26.7 Å². The number of hydrogen-bond donors (Lipinski definition) is 2. The predicted molar refractivity (Wildman–Crippen MR) is 122 cm³/mol. The zero-order valence-corrected chi connectivity index (χ0v) is 20.2. The highest BCUT2D eigenvalue weighted by atomic mass is 32.2. The lowest BCUT2D eigenvalue weighted by molar-refractivity contribution is 0.0730. The number of benzene rings is 2. The maximum atomic E-state index is 13.2. The topological polar surface area (TPSA) is 133 Å². The van der Waals surface area contributed by atoms with Crippen LogP contribution in [0.3, 0.4) is 0 Å². The van der Waals surface area contributed by atoms with E-state index in [1.807, 2.05) is 6.92 Å². The highest BCUT2D eigenvalue weighted by molar-refractivity contribution is 7.89. The molecule has 12 heteroatoms. The van der Waals surface area contributed by atoms with Crippen LogP contribution in [0, 0.1) is 0 Å². The van der Waals surface area contributed by atoms with Crippen LogP contribution in [0.5, 0.6) is 5.75 Å². The molecule has 1 fully saturated rings. The molecule has 1 aliphatic heterocycles. The van der Waals surface area contributed by atoms with Gasteiger partial charge in [-0.25, -0.2) is 21.1 Å². The molecular formula is C21H27N3O7S2. The summed E-state index contributed by atoms with van der Waals surface area (Å²) in [7, 11) is -4.89. The van der Waals surface area contributed by atoms with Gasteiger partial charge in [-0.15, -0.1) is 0 Å². The zero-order chi connectivity index (χ0) is 24.4. The Balaban J connectivity index is 1.95. The van der Waals surface area contributed by atoms with Gasteiger partial charge in [0.05, 0.1) is 28.7 Å². The number of phenols is 1. The average Bonchev–Trinajstić information content (AvgIpc) is 2.80. The van der Waals surface area contributed by atoms with Gasteiger partial charge in [0.1, 0.15) is 5.75 Å². The Kier molecular flexibility index (Phi) is 7.44. The predicted octanol–water partition coefficient (Wildman–Crippen LogP) is 1.48. The molecule has 1 aliphatic rings. The van der Waals surface area contributed by atoms with E-state index in [-0.39, 0.29) is 39.9 Å². The van der Waals surface area contributed by atoms with E-state index in [0.29, 0.717) is 25.2 Å². The summed E-state index contributed by atoms with van der Waals surface area (Å²) in [4.78, 5) is 12.8. The average molecular weight is 498 g/mol. The molecule has 0 aliphatic carbocycles. The molecule has 10 nitrogen and oxygen atoms in total. The number of hydrogen-bond acceptors (Lipinski definition) is 7. The fourth-order valence-electron chi connectivity index (χ4n) is 3.34. The van der Waals surface area contributed by atoms with Crippen molar-refractivity contribution in [3.8, 4) is 5.75 Å². The van der Waals surface area contributed by atoms with Crippen molar-refractivity contribution in [2.45, 2.75) is 23.1 Å². The number of anilines is 1. The summed E-state index contributed by atoms with van der Waals surface area (Å²) in [6, 6.07) is 7.91. The lowest BCUT2D eigenvalue weighted by Crippen LogP contribution is -2.41. The second kappa shape index (κ2) is 9.77. The van der Waals surface area contributed by atoms with Gasteiger partial charge in [-0.05, 0) is 42.3 Å². The molecule has 0 atom stereocenters. The molecule has 0 saturated carbocycles. The number of aromatic hydroxyl groups is 1. The maximum Gasteiger partial charge on any atom is 0.255 e. The molecule has 180 valence electrons. The van der Waals surface area contributed by atoms with Crippen LogP contribution in [0.1, 0.15) is 22.8 Å². The van der Waals surface area contributed by atoms with Gasteiger partial charge in [-0.2, -0.15) is 4.31 Å². The van der Waals surface area contributed by atoms with Gasteiger partial charge >= 0.3 is 0 Å². The van der Waals surface area contributed by atoms with Crippen LogP contribution in [-0.4, -0.2) is 76.9 Å². The Bertz CT molecular complexity index is 1250. The molecular weight excluding hydrogens is 470 g/mol. The molecule has 1 heterocycles. The van der Waals surface area contributed by atoms with Gasteiger partial charge in [0, 0.05) is 32.7 Å². The fourth-order valence-corrected chi connectivity index (χ4v) is 5.99. The molecule has 0 bridgehead atoms. The Morgan fingerprint density at radius 3 is 2.36 bits per heavy atom. The highest BCUT2D eigenvalue weighted by Gasteiger charge is 2.29. The summed E-state index contributed by atoms with van der Waals surface area (Å²) in [6.07, 6.45) is 0.450. The SMILES string of the molecule is CCc1ccc(C(=O)Nc2cc(S(=O)(=O)N(C)C)ccc2O)cc1S(=O)(=O)N1CCOCC1. The van der Waals surface area contributed by atoms with Crippen LogP contribution < -0.4 is 5.32 Å². The summed E-state index contributed by atoms with van der Waals surface area (Å²) >= 11 is 0. The van der Waals surface area contributed by atoms with Gasteiger partial charge in [0.2, 0.25) is 20.0 Å². The van der Waals surface area contributed by atoms with Crippen molar-refractivity contribution in [3.63, 3.8) is 0 Å². The van der Waals surface area contributed by atoms with Crippen LogP contribution in [0.2, 0.25) is 0 Å². The van der Waals surface area contributed by atoms with Gasteiger partial charge in [0.25, 0.3) is 5.91 Å². The minimum Gasteiger partial charge on any atom is -0.506 e. The largest absolute Gasteiger partial charge is 0.506 e. The number of phenolic OH excluding ortho intramolecular Hbond substituents is 1. The summed E-state index contributed by atoms with van der Waals surface area (Å²) in [5.41, 5.74) is 0.513. The lowest BCUT2D eigenvalue weighted by atomic mass is 10.1. The number of rotatable bonds is 7. The first-order valence-corrected chi connectivity index (χ1v) is 13.1. The van der Waals surface area contributed by atoms with Crippen molar-refractivity contribution in [2.24, 2.45) is 0 Å². The van der Waals surface area contributed by atoms with Gasteiger partial charge < -0.3 is 15.2 Å². The molecule has 0 radical (unpaired) electrons. The normalized spacial score (nSPS) is 15.5. The van der Waals surface area contributed by atoms with E-state index in [4.69, 9.17) is 4.74 Å². The minimum absolute atomic E-state index is 0.0349. The third kappa shape index (κ3) is 5.20. The first-order valence-electron chi connectivity index (χ1n) is 10.3. The molecule has 0 unspecified atom stereocenters. The van der Waals surface area contributed by atoms with E-state index >= 15 is 0 Å². The Labute approximate surface area is 193 Å². The second-order valence-electron chi connectivity index (χ2n) is 7.61. The molecule has 33 heavy (non-hydrogen) atoms. The summed E-state index contributed by atoms with van der Waals surface area (Å²) in [6.45, 7) is 2.87. The van der Waals surface area contributed by atoms with Crippen molar-refractivity contribution in [3.05, 3.63) is 47.5 Å². The van der Waals surface area contributed by atoms with Crippen LogP contribution >= 0.6 is 0 Å². The second-order valence-corrected chi connectivity index (χ2v) is 11.7. The number of nitrogens with zero attached hydrogens (tertiary/aromatic N) is 2. The van der Waals surface area contributed by atoms with Crippen molar-refractivity contribution >= 4 is 31.6 Å². The van der Waals surface area contributed by atoms with E-state index in [2.05, 4.69) is 5.32 Å². The monoisotopic (exact) mass is 497 g/mol. The molecule has 1 saturated heterocycles. The summed E-state index contributed by atoms with van der Waals surface area (Å²) in [5.74, 6) is -1.02. The maximum absolute atomic E-state index is 13.2. The minimum atomic E-state index is -3.84. The number of carbonyl (C=O) groups excluding carboxylic acids is 1. The quantitative estimate of drug-likeness (QED) is 0.554. The first-order chi connectivity index (χ1) is 15.5. The molecule has 0 spiro atoms. The summed E-state index contributed by atoms with van der Waals surface area (Å²) in [5, 5.41) is 12.6. The number of aryl methyl sites for hydroxylation is 1. The third-order valence-electron chi connectivity index (χ3n) is 5.29.